The third kappa shape index (κ3) is 1.92. The van der Waals surface area contributed by atoms with Crippen molar-refractivity contribution in [2.45, 2.75) is 46.0 Å². The molecule has 1 N–H and O–H groups in total. The molecule has 0 bridgehead atoms. The van der Waals surface area contributed by atoms with Gasteiger partial charge in [0.1, 0.15) is 5.78 Å². The summed E-state index contributed by atoms with van der Waals surface area (Å²) in [6.45, 7) is 4.51. The Morgan fingerprint density at radius 2 is 2.00 bits per heavy atom. The molecule has 0 aromatic rings. The average Bonchev–Trinajstić information content (AvgIpc) is 2.83. The molecule has 0 aliphatic heterocycles. The van der Waals surface area contributed by atoms with Crippen LogP contribution in [-0.4, -0.2) is 23.3 Å². The number of hydrogen-bond donors (Lipinski definition) is 1. The Labute approximate surface area is 137 Å². The van der Waals surface area contributed by atoms with Gasteiger partial charge in [-0.1, -0.05) is 25.5 Å². The molecule has 124 valence electrons. The molecule has 6 atom stereocenters. The van der Waals surface area contributed by atoms with Gasteiger partial charge in [0.25, 0.3) is 0 Å². The van der Waals surface area contributed by atoms with Crippen LogP contribution in [-0.2, 0) is 9.59 Å². The second-order valence-electron chi connectivity index (χ2n) is 8.53. The number of carbonyl (C=O) groups excluding carboxylic acids is 2. The molecule has 0 spiro atoms. The minimum absolute atomic E-state index is 0.0473. The van der Waals surface area contributed by atoms with Crippen LogP contribution >= 0.6 is 0 Å². The van der Waals surface area contributed by atoms with Crippen LogP contribution in [0.4, 0.5) is 0 Å². The van der Waals surface area contributed by atoms with Crippen LogP contribution in [0.25, 0.3) is 0 Å². The molecular formula is C20H26O3. The minimum atomic E-state index is -0.146. The highest BCUT2D eigenvalue weighted by atomic mass is 16.3. The normalized spacial score (nSPS) is 48.6. The number of Topliss-reactive ketones (excluding diaryl/α,β-unsaturated/α-hetero) is 1. The SMILES string of the molecule is C[C@]12C=CC(=O)C=C1C(CO)CC1C2CC[C@]2(C)C(=O)CC[C@@H]12. The second-order valence-corrected chi connectivity index (χ2v) is 8.53. The molecule has 0 amide bonds. The van der Waals surface area contributed by atoms with E-state index in [9.17, 15) is 14.7 Å². The molecule has 3 fully saturated rings. The van der Waals surface area contributed by atoms with Crippen molar-refractivity contribution < 1.29 is 14.7 Å². The van der Waals surface area contributed by atoms with E-state index in [0.717, 1.165) is 37.7 Å². The number of rotatable bonds is 1. The predicted molar refractivity (Wildman–Crippen MR) is 87.6 cm³/mol. The Hall–Kier alpha value is -1.22. The van der Waals surface area contributed by atoms with Crippen molar-refractivity contribution in [1.82, 2.24) is 0 Å². The van der Waals surface area contributed by atoms with Crippen LogP contribution in [0.3, 0.4) is 0 Å². The molecule has 4 aliphatic rings. The van der Waals surface area contributed by atoms with Crippen LogP contribution in [0.1, 0.15) is 46.0 Å². The Morgan fingerprint density at radius 1 is 1.22 bits per heavy atom. The smallest absolute Gasteiger partial charge is 0.178 e. The summed E-state index contributed by atoms with van der Waals surface area (Å²) < 4.78 is 0. The van der Waals surface area contributed by atoms with Gasteiger partial charge in [0.2, 0.25) is 0 Å². The molecule has 3 nitrogen and oxygen atoms in total. The minimum Gasteiger partial charge on any atom is -0.396 e. The molecule has 0 aromatic heterocycles. The second kappa shape index (κ2) is 4.89. The van der Waals surface area contributed by atoms with Gasteiger partial charge in [-0.2, -0.15) is 0 Å². The van der Waals surface area contributed by atoms with E-state index in [4.69, 9.17) is 0 Å². The molecule has 3 heteroatoms. The summed E-state index contributed by atoms with van der Waals surface area (Å²) in [6.07, 6.45) is 10.2. The van der Waals surface area contributed by atoms with E-state index >= 15 is 0 Å². The van der Waals surface area contributed by atoms with Crippen LogP contribution < -0.4 is 0 Å². The van der Waals surface area contributed by atoms with E-state index < -0.39 is 0 Å². The first-order valence-corrected chi connectivity index (χ1v) is 8.99. The molecule has 0 radical (unpaired) electrons. The number of aliphatic hydroxyl groups excluding tert-OH is 1. The summed E-state index contributed by atoms with van der Waals surface area (Å²) >= 11 is 0. The molecule has 3 saturated carbocycles. The third-order valence-corrected chi connectivity index (χ3v) is 7.65. The number of fused-ring (bicyclic) bond motifs is 5. The van der Waals surface area contributed by atoms with Crippen molar-refractivity contribution in [2.24, 2.45) is 34.5 Å². The van der Waals surface area contributed by atoms with Crippen molar-refractivity contribution in [1.29, 1.82) is 0 Å². The largest absolute Gasteiger partial charge is 0.396 e. The van der Waals surface area contributed by atoms with Crippen LogP contribution in [0.15, 0.2) is 23.8 Å². The molecular weight excluding hydrogens is 288 g/mol. The van der Waals surface area contributed by atoms with Gasteiger partial charge in [0.05, 0.1) is 0 Å². The van der Waals surface area contributed by atoms with Gasteiger partial charge < -0.3 is 5.11 Å². The predicted octanol–water partition coefficient (Wildman–Crippen LogP) is 3.08. The molecule has 4 rings (SSSR count). The zero-order chi connectivity index (χ0) is 16.4. The van der Waals surface area contributed by atoms with E-state index in [-0.39, 0.29) is 29.1 Å². The number of carbonyl (C=O) groups is 2. The number of allylic oxidation sites excluding steroid dienone is 3. The summed E-state index contributed by atoms with van der Waals surface area (Å²) in [4.78, 5) is 24.3. The summed E-state index contributed by atoms with van der Waals surface area (Å²) in [5.41, 5.74) is 0.853. The van der Waals surface area contributed by atoms with Crippen molar-refractivity contribution >= 4 is 11.6 Å². The van der Waals surface area contributed by atoms with Gasteiger partial charge in [-0.25, -0.2) is 0 Å². The van der Waals surface area contributed by atoms with Crippen molar-refractivity contribution in [3.05, 3.63) is 23.8 Å². The highest BCUT2D eigenvalue weighted by Gasteiger charge is 2.59. The standard InChI is InChI=1S/C20H26O3/c1-19-7-5-13(22)10-17(19)12(11-21)9-14-15-3-4-18(23)20(15,2)8-6-16(14)19/h5,7,10,12,14-16,21H,3-4,6,8-9,11H2,1-2H3/t12?,14?,15-,16?,19+,20-/m0/s1. The molecule has 0 heterocycles. The van der Waals surface area contributed by atoms with Gasteiger partial charge in [0, 0.05) is 29.8 Å². The van der Waals surface area contributed by atoms with E-state index in [0.29, 0.717) is 23.5 Å². The molecule has 23 heavy (non-hydrogen) atoms. The van der Waals surface area contributed by atoms with Gasteiger partial charge >= 0.3 is 0 Å². The molecule has 4 aliphatic carbocycles. The maximum Gasteiger partial charge on any atom is 0.178 e. The van der Waals surface area contributed by atoms with Gasteiger partial charge in [-0.3, -0.25) is 9.59 Å². The van der Waals surface area contributed by atoms with E-state index in [1.807, 2.05) is 0 Å². The Morgan fingerprint density at radius 3 is 2.74 bits per heavy atom. The van der Waals surface area contributed by atoms with Crippen molar-refractivity contribution in [2.75, 3.05) is 6.61 Å². The first-order valence-electron chi connectivity index (χ1n) is 8.99. The lowest BCUT2D eigenvalue weighted by Gasteiger charge is -2.57. The molecule has 0 aromatic carbocycles. The van der Waals surface area contributed by atoms with Crippen LogP contribution in [0, 0.1) is 34.5 Å². The van der Waals surface area contributed by atoms with Crippen LogP contribution in [0.2, 0.25) is 0 Å². The fourth-order valence-electron chi connectivity index (χ4n) is 6.36. The quantitative estimate of drug-likeness (QED) is 0.809. The van der Waals surface area contributed by atoms with E-state index in [1.165, 1.54) is 0 Å². The first-order chi connectivity index (χ1) is 10.9. The van der Waals surface area contributed by atoms with E-state index in [2.05, 4.69) is 19.9 Å². The van der Waals surface area contributed by atoms with Crippen molar-refractivity contribution in [3.8, 4) is 0 Å². The summed E-state index contributed by atoms with van der Waals surface area (Å²) in [5, 5.41) is 9.93. The maximum atomic E-state index is 12.4. The summed E-state index contributed by atoms with van der Waals surface area (Å²) in [6, 6.07) is 0. The lowest BCUT2D eigenvalue weighted by molar-refractivity contribution is -0.132. The average molecular weight is 314 g/mol. The topological polar surface area (TPSA) is 54.4 Å². The lowest BCUT2D eigenvalue weighted by Crippen LogP contribution is -2.52. The van der Waals surface area contributed by atoms with Gasteiger partial charge in [-0.05, 0) is 55.6 Å². The zero-order valence-electron chi connectivity index (χ0n) is 14.0. The zero-order valence-corrected chi connectivity index (χ0v) is 14.0. The first kappa shape index (κ1) is 15.3. The summed E-state index contributed by atoms with van der Waals surface area (Å²) in [7, 11) is 0. The van der Waals surface area contributed by atoms with Gasteiger partial charge in [-0.15, -0.1) is 0 Å². The fourth-order valence-corrected chi connectivity index (χ4v) is 6.36. The monoisotopic (exact) mass is 314 g/mol. The third-order valence-electron chi connectivity index (χ3n) is 7.65. The Bertz CT molecular complexity index is 631. The maximum absolute atomic E-state index is 12.4. The Balaban J connectivity index is 1.77. The fraction of sp³-hybridized carbons (Fsp3) is 0.700. The van der Waals surface area contributed by atoms with E-state index in [1.54, 1.807) is 12.2 Å². The van der Waals surface area contributed by atoms with Crippen LogP contribution in [0.5, 0.6) is 0 Å². The lowest BCUT2D eigenvalue weighted by atomic mass is 9.46. The highest BCUT2D eigenvalue weighted by molar-refractivity contribution is 6.01. The number of ketones is 2. The van der Waals surface area contributed by atoms with Gasteiger partial charge in [0.15, 0.2) is 5.78 Å². The molecule has 3 unspecified atom stereocenters. The van der Waals surface area contributed by atoms with Crippen molar-refractivity contribution in [3.63, 3.8) is 0 Å². The highest BCUT2D eigenvalue weighted by Crippen LogP contribution is 2.64. The summed E-state index contributed by atoms with van der Waals surface area (Å²) in [5.74, 6) is 1.98. The molecule has 0 saturated heterocycles. The number of hydrogen-bond acceptors (Lipinski definition) is 3. The number of aliphatic hydroxyl groups is 1. The Kier molecular flexibility index (Phi) is 3.26.